The highest BCUT2D eigenvalue weighted by atomic mass is 32.2. The van der Waals surface area contributed by atoms with Gasteiger partial charge in [-0.15, -0.1) is 4.83 Å². The van der Waals surface area contributed by atoms with Gasteiger partial charge in [0.25, 0.3) is 10.0 Å². The molecule has 1 aromatic heterocycles. The predicted octanol–water partition coefficient (Wildman–Crippen LogP) is 0.0889. The van der Waals surface area contributed by atoms with E-state index < -0.39 is 10.0 Å². The van der Waals surface area contributed by atoms with Gasteiger partial charge >= 0.3 is 0 Å². The minimum atomic E-state index is -3.43. The Morgan fingerprint density at radius 2 is 2.07 bits per heavy atom. The zero-order chi connectivity index (χ0) is 10.7. The van der Waals surface area contributed by atoms with Crippen molar-refractivity contribution in [2.45, 2.75) is 24.2 Å². The molecule has 1 saturated heterocycles. The third-order valence-electron chi connectivity index (χ3n) is 2.39. The molecular weight excluding hydrogens is 216 g/mol. The van der Waals surface area contributed by atoms with Crippen molar-refractivity contribution in [2.75, 3.05) is 13.1 Å². The lowest BCUT2D eigenvalue weighted by Gasteiger charge is -2.26. The van der Waals surface area contributed by atoms with E-state index in [0.29, 0.717) is 0 Å². The minimum Gasteiger partial charge on any atom is -0.284 e. The standard InChI is InChI=1S/C8H14N4O2S/c13-15(14,8-6-9-10-7-8)11-12-4-2-1-3-5-12/h6-7,11H,1-5H2,(H,9,10). The van der Waals surface area contributed by atoms with E-state index in [0.717, 1.165) is 25.9 Å². The maximum absolute atomic E-state index is 11.7. The molecule has 0 unspecified atom stereocenters. The van der Waals surface area contributed by atoms with E-state index >= 15 is 0 Å². The van der Waals surface area contributed by atoms with Gasteiger partial charge in [-0.05, 0) is 12.8 Å². The van der Waals surface area contributed by atoms with E-state index in [9.17, 15) is 8.42 Å². The first kappa shape index (κ1) is 10.6. The summed E-state index contributed by atoms with van der Waals surface area (Å²) in [5.41, 5.74) is 0. The van der Waals surface area contributed by atoms with Crippen molar-refractivity contribution in [3.05, 3.63) is 12.4 Å². The average molecular weight is 230 g/mol. The molecule has 1 aromatic rings. The molecule has 15 heavy (non-hydrogen) atoms. The third-order valence-corrected chi connectivity index (χ3v) is 3.73. The zero-order valence-electron chi connectivity index (χ0n) is 8.31. The van der Waals surface area contributed by atoms with E-state index in [1.165, 1.54) is 18.8 Å². The Hall–Kier alpha value is -0.920. The Bertz CT molecular complexity index is 394. The maximum atomic E-state index is 11.7. The summed E-state index contributed by atoms with van der Waals surface area (Å²) in [6.07, 6.45) is 5.91. The van der Waals surface area contributed by atoms with Gasteiger partial charge in [0, 0.05) is 19.3 Å². The molecule has 0 amide bonds. The number of aromatic nitrogens is 2. The van der Waals surface area contributed by atoms with Gasteiger partial charge < -0.3 is 0 Å². The molecule has 2 rings (SSSR count). The van der Waals surface area contributed by atoms with E-state index in [1.54, 1.807) is 5.01 Å². The van der Waals surface area contributed by atoms with Crippen LogP contribution in [0.15, 0.2) is 17.3 Å². The number of piperidine rings is 1. The molecule has 2 heterocycles. The molecule has 0 radical (unpaired) electrons. The smallest absolute Gasteiger partial charge is 0.256 e. The van der Waals surface area contributed by atoms with Gasteiger partial charge in [-0.3, -0.25) is 5.10 Å². The Kier molecular flexibility index (Phi) is 3.03. The summed E-state index contributed by atoms with van der Waals surface area (Å²) in [6, 6.07) is 0. The van der Waals surface area contributed by atoms with Crippen molar-refractivity contribution < 1.29 is 8.42 Å². The van der Waals surface area contributed by atoms with Gasteiger partial charge in [0.2, 0.25) is 0 Å². The molecule has 1 aliphatic heterocycles. The molecule has 0 spiro atoms. The quantitative estimate of drug-likeness (QED) is 0.771. The van der Waals surface area contributed by atoms with Crippen LogP contribution in [0.4, 0.5) is 0 Å². The Morgan fingerprint density at radius 1 is 1.33 bits per heavy atom. The number of nitrogens with zero attached hydrogens (tertiary/aromatic N) is 2. The summed E-state index contributed by atoms with van der Waals surface area (Å²) in [4.78, 5) is 2.72. The monoisotopic (exact) mass is 230 g/mol. The summed E-state index contributed by atoms with van der Waals surface area (Å²) in [5.74, 6) is 0. The lowest BCUT2D eigenvalue weighted by molar-refractivity contribution is 0.200. The highest BCUT2D eigenvalue weighted by molar-refractivity contribution is 7.89. The zero-order valence-corrected chi connectivity index (χ0v) is 9.13. The Labute approximate surface area is 88.7 Å². The molecule has 2 N–H and O–H groups in total. The van der Waals surface area contributed by atoms with Gasteiger partial charge in [0.15, 0.2) is 0 Å². The van der Waals surface area contributed by atoms with Crippen molar-refractivity contribution in [1.82, 2.24) is 20.0 Å². The van der Waals surface area contributed by atoms with Crippen LogP contribution in [0.3, 0.4) is 0 Å². The molecule has 6 nitrogen and oxygen atoms in total. The van der Waals surface area contributed by atoms with Crippen molar-refractivity contribution in [1.29, 1.82) is 0 Å². The number of rotatable bonds is 3. The number of nitrogens with one attached hydrogen (secondary N) is 2. The van der Waals surface area contributed by atoms with Gasteiger partial charge in [-0.25, -0.2) is 13.4 Å². The largest absolute Gasteiger partial charge is 0.284 e. The lowest BCUT2D eigenvalue weighted by atomic mass is 10.2. The molecule has 0 saturated carbocycles. The average Bonchev–Trinajstić information content (AvgIpc) is 2.71. The highest BCUT2D eigenvalue weighted by Crippen LogP contribution is 2.10. The summed E-state index contributed by atoms with van der Waals surface area (Å²) >= 11 is 0. The van der Waals surface area contributed by atoms with Crippen molar-refractivity contribution in [3.8, 4) is 0 Å². The number of H-pyrrole nitrogens is 1. The van der Waals surface area contributed by atoms with Crippen LogP contribution in [0, 0.1) is 0 Å². The fourth-order valence-corrected chi connectivity index (χ4v) is 2.62. The number of hydrazine groups is 1. The number of sulfonamides is 1. The van der Waals surface area contributed by atoms with Crippen LogP contribution in [0.5, 0.6) is 0 Å². The second kappa shape index (κ2) is 4.30. The molecule has 7 heteroatoms. The van der Waals surface area contributed by atoms with E-state index in [4.69, 9.17) is 0 Å². The highest BCUT2D eigenvalue weighted by Gasteiger charge is 2.20. The van der Waals surface area contributed by atoms with Crippen LogP contribution in [0.1, 0.15) is 19.3 Å². The molecule has 0 bridgehead atoms. The normalized spacial score (nSPS) is 19.2. The molecule has 0 aliphatic carbocycles. The van der Waals surface area contributed by atoms with Gasteiger partial charge in [0.05, 0.1) is 6.20 Å². The molecule has 1 aliphatic rings. The Morgan fingerprint density at radius 3 is 2.67 bits per heavy atom. The number of hydrogen-bond acceptors (Lipinski definition) is 4. The fourth-order valence-electron chi connectivity index (χ4n) is 1.59. The first-order chi connectivity index (χ1) is 7.18. The first-order valence-electron chi connectivity index (χ1n) is 4.95. The molecule has 1 fully saturated rings. The van der Waals surface area contributed by atoms with Gasteiger partial charge in [0.1, 0.15) is 4.90 Å². The first-order valence-corrected chi connectivity index (χ1v) is 6.43. The summed E-state index contributed by atoms with van der Waals surface area (Å²) in [6.45, 7) is 1.55. The molecular formula is C8H14N4O2S. The summed E-state index contributed by atoms with van der Waals surface area (Å²) < 4.78 is 23.5. The van der Waals surface area contributed by atoms with Crippen LogP contribution < -0.4 is 4.83 Å². The van der Waals surface area contributed by atoms with E-state index in [2.05, 4.69) is 15.0 Å². The van der Waals surface area contributed by atoms with Crippen LogP contribution in [-0.4, -0.2) is 36.7 Å². The van der Waals surface area contributed by atoms with Gasteiger partial charge in [-0.1, -0.05) is 6.42 Å². The van der Waals surface area contributed by atoms with E-state index in [-0.39, 0.29) is 4.90 Å². The predicted molar refractivity (Wildman–Crippen MR) is 54.3 cm³/mol. The van der Waals surface area contributed by atoms with Crippen molar-refractivity contribution in [3.63, 3.8) is 0 Å². The second-order valence-corrected chi connectivity index (χ2v) is 5.24. The third kappa shape index (κ3) is 2.55. The summed E-state index contributed by atoms with van der Waals surface area (Å²) in [5, 5.41) is 7.85. The molecule has 0 atom stereocenters. The Balaban J connectivity index is 2.04. The van der Waals surface area contributed by atoms with E-state index in [1.807, 2.05) is 0 Å². The fraction of sp³-hybridized carbons (Fsp3) is 0.625. The maximum Gasteiger partial charge on any atom is 0.256 e. The van der Waals surface area contributed by atoms with Crippen LogP contribution >= 0.6 is 0 Å². The number of aromatic amines is 1. The van der Waals surface area contributed by atoms with Crippen molar-refractivity contribution >= 4 is 10.0 Å². The van der Waals surface area contributed by atoms with Crippen LogP contribution in [-0.2, 0) is 10.0 Å². The minimum absolute atomic E-state index is 0.174. The topological polar surface area (TPSA) is 78.1 Å². The molecule has 0 aromatic carbocycles. The lowest BCUT2D eigenvalue weighted by Crippen LogP contribution is -2.44. The number of hydrogen-bond donors (Lipinski definition) is 2. The summed E-state index contributed by atoms with van der Waals surface area (Å²) in [7, 11) is -3.43. The van der Waals surface area contributed by atoms with Crippen molar-refractivity contribution in [2.24, 2.45) is 0 Å². The van der Waals surface area contributed by atoms with Crippen LogP contribution in [0.25, 0.3) is 0 Å². The molecule has 84 valence electrons. The van der Waals surface area contributed by atoms with Gasteiger partial charge in [-0.2, -0.15) is 5.10 Å². The SMILES string of the molecule is O=S(=O)(NN1CCCCC1)c1cn[nH]c1. The van der Waals surface area contributed by atoms with Crippen LogP contribution in [0.2, 0.25) is 0 Å². The second-order valence-electron chi connectivity index (χ2n) is 3.58.